The summed E-state index contributed by atoms with van der Waals surface area (Å²) in [6, 6.07) is 3.44. The lowest BCUT2D eigenvalue weighted by Gasteiger charge is -2.02. The van der Waals surface area contributed by atoms with E-state index in [0.717, 1.165) is 5.56 Å². The first-order valence-corrected chi connectivity index (χ1v) is 5.45. The van der Waals surface area contributed by atoms with E-state index >= 15 is 0 Å². The number of nitrogens with one attached hydrogen (secondary N) is 1. The van der Waals surface area contributed by atoms with E-state index in [1.165, 1.54) is 0 Å². The van der Waals surface area contributed by atoms with Crippen LogP contribution >= 0.6 is 39.1 Å². The minimum Gasteiger partial charge on any atom is -0.366 e. The number of nitrogens with zero attached hydrogens (tertiary/aromatic N) is 2. The van der Waals surface area contributed by atoms with Gasteiger partial charge in [-0.15, -0.1) is 5.10 Å². The molecule has 0 fully saturated rings. The van der Waals surface area contributed by atoms with Gasteiger partial charge in [-0.1, -0.05) is 23.2 Å². The molecule has 0 amide bonds. The standard InChI is InChI=1S/C8H5BrCl2N4/c9-6-4(10)1-3(2-5(6)11)7-13-8(12)15-14-7/h1-2H,(H3,12,13,14,15). The van der Waals surface area contributed by atoms with Crippen LogP contribution in [-0.4, -0.2) is 15.2 Å². The summed E-state index contributed by atoms with van der Waals surface area (Å²) < 4.78 is 0.655. The number of anilines is 1. The number of nitrogens with two attached hydrogens (primary N) is 1. The fraction of sp³-hybridized carbons (Fsp3) is 0. The van der Waals surface area contributed by atoms with Crippen molar-refractivity contribution >= 4 is 45.1 Å². The average Bonchev–Trinajstić information content (AvgIpc) is 2.60. The van der Waals surface area contributed by atoms with Crippen molar-refractivity contribution in [1.82, 2.24) is 15.2 Å². The van der Waals surface area contributed by atoms with Crippen LogP contribution < -0.4 is 5.73 Å². The molecule has 0 radical (unpaired) electrons. The molecule has 0 aliphatic rings. The zero-order valence-corrected chi connectivity index (χ0v) is 10.4. The van der Waals surface area contributed by atoms with Crippen LogP contribution in [0.3, 0.4) is 0 Å². The van der Waals surface area contributed by atoms with Gasteiger partial charge in [-0.3, -0.25) is 5.10 Å². The van der Waals surface area contributed by atoms with Crippen molar-refractivity contribution < 1.29 is 0 Å². The van der Waals surface area contributed by atoms with Crippen LogP contribution in [0.1, 0.15) is 0 Å². The highest BCUT2D eigenvalue weighted by molar-refractivity contribution is 9.10. The summed E-state index contributed by atoms with van der Waals surface area (Å²) in [5, 5.41) is 7.41. The molecule has 0 aliphatic carbocycles. The summed E-state index contributed by atoms with van der Waals surface area (Å²) in [6.45, 7) is 0. The Balaban J connectivity index is 2.55. The van der Waals surface area contributed by atoms with E-state index < -0.39 is 0 Å². The molecule has 1 aromatic heterocycles. The van der Waals surface area contributed by atoms with Crippen LogP contribution in [0.15, 0.2) is 16.6 Å². The van der Waals surface area contributed by atoms with Crippen molar-refractivity contribution in [2.24, 2.45) is 0 Å². The normalized spacial score (nSPS) is 10.6. The molecule has 0 aliphatic heterocycles. The van der Waals surface area contributed by atoms with E-state index in [9.17, 15) is 0 Å². The molecule has 0 spiro atoms. The van der Waals surface area contributed by atoms with Crippen LogP contribution in [0.2, 0.25) is 10.0 Å². The van der Waals surface area contributed by atoms with Gasteiger partial charge in [-0.05, 0) is 28.1 Å². The number of aromatic nitrogens is 3. The number of aromatic amines is 1. The van der Waals surface area contributed by atoms with Crippen molar-refractivity contribution in [1.29, 1.82) is 0 Å². The first-order chi connectivity index (χ1) is 7.08. The van der Waals surface area contributed by atoms with Crippen molar-refractivity contribution in [3.8, 4) is 11.4 Å². The largest absolute Gasteiger partial charge is 0.366 e. The van der Waals surface area contributed by atoms with E-state index in [1.54, 1.807) is 12.1 Å². The van der Waals surface area contributed by atoms with Crippen LogP contribution in [0, 0.1) is 0 Å². The quantitative estimate of drug-likeness (QED) is 0.795. The van der Waals surface area contributed by atoms with Gasteiger partial charge in [0.2, 0.25) is 5.95 Å². The van der Waals surface area contributed by atoms with Gasteiger partial charge in [-0.25, -0.2) is 0 Å². The predicted molar refractivity (Wildman–Crippen MR) is 64.0 cm³/mol. The molecular weight excluding hydrogens is 303 g/mol. The maximum atomic E-state index is 5.95. The molecule has 1 heterocycles. The van der Waals surface area contributed by atoms with Crippen molar-refractivity contribution in [3.05, 3.63) is 26.7 Å². The van der Waals surface area contributed by atoms with E-state index in [1.807, 2.05) is 0 Å². The number of halogens is 3. The fourth-order valence-electron chi connectivity index (χ4n) is 1.10. The molecule has 4 nitrogen and oxygen atoms in total. The summed E-state index contributed by atoms with van der Waals surface area (Å²) in [5.41, 5.74) is 6.13. The Bertz CT molecular complexity index is 488. The van der Waals surface area contributed by atoms with E-state index in [4.69, 9.17) is 28.9 Å². The third-order valence-corrected chi connectivity index (χ3v) is 3.67. The first-order valence-electron chi connectivity index (χ1n) is 3.90. The Hall–Kier alpha value is -0.780. The van der Waals surface area contributed by atoms with Gasteiger partial charge in [0.25, 0.3) is 0 Å². The molecule has 1 aromatic carbocycles. The molecule has 7 heteroatoms. The van der Waals surface area contributed by atoms with Gasteiger partial charge in [0.05, 0.1) is 14.5 Å². The SMILES string of the molecule is Nc1n[nH]c(-c2cc(Cl)c(Br)c(Cl)c2)n1. The molecule has 0 atom stereocenters. The molecule has 0 saturated carbocycles. The maximum absolute atomic E-state index is 5.95. The zero-order valence-electron chi connectivity index (χ0n) is 7.26. The van der Waals surface area contributed by atoms with Gasteiger partial charge in [-0.2, -0.15) is 4.98 Å². The molecule has 78 valence electrons. The van der Waals surface area contributed by atoms with Gasteiger partial charge in [0.15, 0.2) is 5.82 Å². The lowest BCUT2D eigenvalue weighted by molar-refractivity contribution is 1.10. The topological polar surface area (TPSA) is 67.6 Å². The summed E-state index contributed by atoms with van der Waals surface area (Å²) in [4.78, 5) is 3.97. The second kappa shape index (κ2) is 4.00. The molecule has 15 heavy (non-hydrogen) atoms. The number of hydrogen-bond donors (Lipinski definition) is 2. The Morgan fingerprint density at radius 2 is 1.87 bits per heavy atom. The second-order valence-corrected chi connectivity index (χ2v) is 4.40. The molecule has 0 bridgehead atoms. The Kier molecular flexibility index (Phi) is 2.86. The molecule has 2 rings (SSSR count). The average molecular weight is 308 g/mol. The number of H-pyrrole nitrogens is 1. The highest BCUT2D eigenvalue weighted by atomic mass is 79.9. The van der Waals surface area contributed by atoms with Gasteiger partial charge in [0.1, 0.15) is 0 Å². The van der Waals surface area contributed by atoms with E-state index in [2.05, 4.69) is 31.1 Å². The summed E-state index contributed by atoms with van der Waals surface area (Å²) in [7, 11) is 0. The number of nitrogen functional groups attached to an aromatic ring is 1. The van der Waals surface area contributed by atoms with Gasteiger partial charge < -0.3 is 5.73 Å². The lowest BCUT2D eigenvalue weighted by atomic mass is 10.2. The molecule has 3 N–H and O–H groups in total. The number of hydrogen-bond acceptors (Lipinski definition) is 3. The number of rotatable bonds is 1. The van der Waals surface area contributed by atoms with Gasteiger partial charge in [0, 0.05) is 5.56 Å². The van der Waals surface area contributed by atoms with E-state index in [0.29, 0.717) is 20.3 Å². The number of benzene rings is 1. The Morgan fingerprint density at radius 1 is 1.27 bits per heavy atom. The first kappa shape index (κ1) is 10.7. The lowest BCUT2D eigenvalue weighted by Crippen LogP contribution is -1.86. The Morgan fingerprint density at radius 3 is 2.33 bits per heavy atom. The Labute approximate surface area is 104 Å². The molecular formula is C8H5BrCl2N4. The summed E-state index contributed by atoms with van der Waals surface area (Å²) in [5.74, 6) is 0.712. The highest BCUT2D eigenvalue weighted by Gasteiger charge is 2.09. The van der Waals surface area contributed by atoms with Gasteiger partial charge >= 0.3 is 0 Å². The molecule has 2 aromatic rings. The summed E-state index contributed by atoms with van der Waals surface area (Å²) >= 11 is 15.2. The van der Waals surface area contributed by atoms with Crippen molar-refractivity contribution in [2.45, 2.75) is 0 Å². The van der Waals surface area contributed by atoms with E-state index in [-0.39, 0.29) is 5.95 Å². The van der Waals surface area contributed by atoms with Crippen LogP contribution in [-0.2, 0) is 0 Å². The summed E-state index contributed by atoms with van der Waals surface area (Å²) in [6.07, 6.45) is 0. The molecule has 0 saturated heterocycles. The smallest absolute Gasteiger partial charge is 0.239 e. The third-order valence-electron chi connectivity index (χ3n) is 1.76. The fourth-order valence-corrected chi connectivity index (χ4v) is 1.81. The monoisotopic (exact) mass is 306 g/mol. The van der Waals surface area contributed by atoms with Crippen LogP contribution in [0.4, 0.5) is 5.95 Å². The van der Waals surface area contributed by atoms with Crippen LogP contribution in [0.25, 0.3) is 11.4 Å². The zero-order chi connectivity index (χ0) is 11.0. The minimum absolute atomic E-state index is 0.181. The molecule has 0 unspecified atom stereocenters. The van der Waals surface area contributed by atoms with Crippen LogP contribution in [0.5, 0.6) is 0 Å². The van der Waals surface area contributed by atoms with Crippen molar-refractivity contribution in [2.75, 3.05) is 5.73 Å². The maximum Gasteiger partial charge on any atom is 0.239 e. The highest BCUT2D eigenvalue weighted by Crippen LogP contribution is 2.34. The third kappa shape index (κ3) is 2.09. The predicted octanol–water partition coefficient (Wildman–Crippen LogP) is 3.12. The minimum atomic E-state index is 0.181. The second-order valence-electron chi connectivity index (χ2n) is 2.80. The van der Waals surface area contributed by atoms with Crippen molar-refractivity contribution in [3.63, 3.8) is 0 Å².